The molecule has 1 aromatic carbocycles. The molecule has 0 amide bonds. The molecule has 0 aliphatic heterocycles. The summed E-state index contributed by atoms with van der Waals surface area (Å²) in [5.74, 6) is 0.317. The Hall–Kier alpha value is -2.50. The molecule has 2 heterocycles. The molecule has 7 heteroatoms. The highest BCUT2D eigenvalue weighted by molar-refractivity contribution is 6.32. The van der Waals surface area contributed by atoms with Crippen molar-refractivity contribution in [3.63, 3.8) is 0 Å². The van der Waals surface area contributed by atoms with E-state index in [9.17, 15) is 4.79 Å². The number of aryl methyl sites for hydroxylation is 2. The molecule has 0 radical (unpaired) electrons. The van der Waals surface area contributed by atoms with Crippen LogP contribution in [-0.4, -0.2) is 27.3 Å². The summed E-state index contributed by atoms with van der Waals surface area (Å²) < 4.78 is 6.07. The molecule has 5 nitrogen and oxygen atoms in total. The second-order valence-corrected chi connectivity index (χ2v) is 8.21. The molecule has 2 aromatic heterocycles. The van der Waals surface area contributed by atoms with Gasteiger partial charge in [-0.3, -0.25) is 14.8 Å². The molecule has 0 saturated heterocycles. The average Bonchev–Trinajstić information content (AvgIpc) is 2.75. The summed E-state index contributed by atoms with van der Waals surface area (Å²) in [5.41, 5.74) is 5.10. The maximum absolute atomic E-state index is 13.1. The van der Waals surface area contributed by atoms with Gasteiger partial charge in [0.25, 0.3) is 0 Å². The average molecular weight is 458 g/mol. The topological polar surface area (TPSA) is 65.0 Å². The number of hydrogen-bond acceptors (Lipinski definition) is 5. The first kappa shape index (κ1) is 23.2. The van der Waals surface area contributed by atoms with Crippen molar-refractivity contribution in [1.82, 2.24) is 15.0 Å². The third-order valence-corrected chi connectivity index (χ3v) is 5.95. The third-order valence-electron chi connectivity index (χ3n) is 5.24. The number of halogens is 2. The highest BCUT2D eigenvalue weighted by Gasteiger charge is 2.25. The lowest BCUT2D eigenvalue weighted by Crippen LogP contribution is -2.13. The number of hydrogen-bond donors (Lipinski definition) is 0. The van der Waals surface area contributed by atoms with Gasteiger partial charge in [0.05, 0.1) is 12.3 Å². The van der Waals surface area contributed by atoms with Crippen LogP contribution in [0.5, 0.6) is 5.75 Å². The van der Waals surface area contributed by atoms with Crippen LogP contribution < -0.4 is 4.74 Å². The van der Waals surface area contributed by atoms with Gasteiger partial charge in [0.2, 0.25) is 0 Å². The van der Waals surface area contributed by atoms with Gasteiger partial charge in [-0.1, -0.05) is 30.1 Å². The van der Waals surface area contributed by atoms with Crippen molar-refractivity contribution < 1.29 is 9.53 Å². The lowest BCUT2D eigenvalue weighted by Gasteiger charge is -2.22. The van der Waals surface area contributed by atoms with E-state index in [1.54, 1.807) is 18.6 Å². The summed E-state index contributed by atoms with van der Waals surface area (Å²) in [6.07, 6.45) is 7.41. The molecule has 3 aromatic rings. The molecule has 1 atom stereocenters. The monoisotopic (exact) mass is 457 g/mol. The van der Waals surface area contributed by atoms with Gasteiger partial charge in [0, 0.05) is 58.8 Å². The van der Waals surface area contributed by atoms with E-state index in [0.717, 1.165) is 27.8 Å². The summed E-state index contributed by atoms with van der Waals surface area (Å²) in [6, 6.07) is 3.88. The number of rotatable bonds is 8. The Morgan fingerprint density at radius 3 is 2.55 bits per heavy atom. The van der Waals surface area contributed by atoms with Crippen LogP contribution in [0, 0.1) is 13.8 Å². The Morgan fingerprint density at radius 1 is 1.13 bits per heavy atom. The van der Waals surface area contributed by atoms with Crippen LogP contribution in [0.25, 0.3) is 11.1 Å². The number of aromatic nitrogens is 3. The van der Waals surface area contributed by atoms with E-state index in [4.69, 9.17) is 27.9 Å². The van der Waals surface area contributed by atoms with Gasteiger partial charge in [0.15, 0.2) is 0 Å². The van der Waals surface area contributed by atoms with Crippen molar-refractivity contribution in [3.8, 4) is 16.9 Å². The Morgan fingerprint density at radius 2 is 1.87 bits per heavy atom. The Kier molecular flexibility index (Phi) is 7.63. The van der Waals surface area contributed by atoms with Gasteiger partial charge in [-0.05, 0) is 50.5 Å². The molecule has 0 aliphatic rings. The summed E-state index contributed by atoms with van der Waals surface area (Å²) in [4.78, 5) is 25.6. The van der Waals surface area contributed by atoms with Crippen LogP contribution >= 0.6 is 23.2 Å². The second-order valence-electron chi connectivity index (χ2n) is 7.44. The maximum Gasteiger partial charge on any atom is 0.150 e. The number of carbonyl (C=O) groups is 1. The predicted octanol–water partition coefficient (Wildman–Crippen LogP) is 6.17. The predicted molar refractivity (Wildman–Crippen MR) is 124 cm³/mol. The third kappa shape index (κ3) is 5.23. The molecule has 1 unspecified atom stereocenters. The quantitative estimate of drug-likeness (QED) is 0.404. The molecule has 0 bridgehead atoms. The first-order valence-electron chi connectivity index (χ1n) is 10.2. The minimum Gasteiger partial charge on any atom is -0.493 e. The van der Waals surface area contributed by atoms with E-state index in [1.165, 1.54) is 6.20 Å². The molecular formula is C24H25Cl2N3O2. The van der Waals surface area contributed by atoms with Gasteiger partial charge < -0.3 is 4.74 Å². The van der Waals surface area contributed by atoms with Crippen molar-refractivity contribution >= 4 is 29.0 Å². The molecular weight excluding hydrogens is 433 g/mol. The van der Waals surface area contributed by atoms with E-state index in [2.05, 4.69) is 15.0 Å². The number of Topliss-reactive ketones (excluding diaryl/α,β-unsaturated/α-hetero) is 1. The van der Waals surface area contributed by atoms with Crippen molar-refractivity contribution in [2.45, 2.75) is 46.5 Å². The number of benzene rings is 1. The summed E-state index contributed by atoms with van der Waals surface area (Å²) in [6.45, 7) is 8.21. The Labute approximate surface area is 192 Å². The molecule has 0 N–H and O–H groups in total. The van der Waals surface area contributed by atoms with Gasteiger partial charge in [-0.2, -0.15) is 0 Å². The zero-order valence-electron chi connectivity index (χ0n) is 18.1. The molecule has 0 spiro atoms. The van der Waals surface area contributed by atoms with Gasteiger partial charge in [-0.25, -0.2) is 4.98 Å². The van der Waals surface area contributed by atoms with E-state index in [0.29, 0.717) is 34.6 Å². The summed E-state index contributed by atoms with van der Waals surface area (Å²) in [5, 5.41) is 0.914. The molecule has 0 fully saturated rings. The van der Waals surface area contributed by atoms with Crippen LogP contribution in [0.15, 0.2) is 36.9 Å². The first-order valence-corrected chi connectivity index (χ1v) is 10.9. The van der Waals surface area contributed by atoms with Crippen LogP contribution in [0.4, 0.5) is 0 Å². The molecule has 3 rings (SSSR count). The lowest BCUT2D eigenvalue weighted by molar-refractivity contribution is -0.120. The van der Waals surface area contributed by atoms with Crippen molar-refractivity contribution in [1.29, 1.82) is 0 Å². The lowest BCUT2D eigenvalue weighted by atomic mass is 9.88. The van der Waals surface area contributed by atoms with Gasteiger partial charge in [0.1, 0.15) is 16.7 Å². The molecule has 0 saturated carbocycles. The molecule has 31 heavy (non-hydrogen) atoms. The number of ketones is 1. The second kappa shape index (κ2) is 10.2. The smallest absolute Gasteiger partial charge is 0.150 e. The van der Waals surface area contributed by atoms with Crippen LogP contribution in [0.2, 0.25) is 10.2 Å². The number of pyridine rings is 1. The van der Waals surface area contributed by atoms with Crippen LogP contribution in [-0.2, 0) is 11.2 Å². The van der Waals surface area contributed by atoms with Gasteiger partial charge >= 0.3 is 0 Å². The van der Waals surface area contributed by atoms with Crippen LogP contribution in [0.3, 0.4) is 0 Å². The Balaban J connectivity index is 1.99. The number of carbonyl (C=O) groups excluding carboxylic acids is 1. The SMILES string of the molecule is CCOc1c(C(C)C(=O)CCc2nccnc2Cl)cc(Cl)c(C)c1-c1cncc(C)c1. The minimum absolute atomic E-state index is 0.0518. The van der Waals surface area contributed by atoms with E-state index in [-0.39, 0.29) is 12.2 Å². The highest BCUT2D eigenvalue weighted by Crippen LogP contribution is 2.43. The van der Waals surface area contributed by atoms with Crippen molar-refractivity contribution in [3.05, 3.63) is 69.5 Å². The first-order chi connectivity index (χ1) is 14.8. The zero-order chi connectivity index (χ0) is 22.5. The summed E-state index contributed by atoms with van der Waals surface area (Å²) >= 11 is 12.7. The van der Waals surface area contributed by atoms with Crippen LogP contribution in [0.1, 0.15) is 48.6 Å². The largest absolute Gasteiger partial charge is 0.493 e. The maximum atomic E-state index is 13.1. The Bertz CT molecular complexity index is 1100. The van der Waals surface area contributed by atoms with Gasteiger partial charge in [-0.15, -0.1) is 0 Å². The summed E-state index contributed by atoms with van der Waals surface area (Å²) in [7, 11) is 0. The number of ether oxygens (including phenoxy) is 1. The zero-order valence-corrected chi connectivity index (χ0v) is 19.6. The van der Waals surface area contributed by atoms with Crippen molar-refractivity contribution in [2.24, 2.45) is 0 Å². The number of nitrogens with zero attached hydrogens (tertiary/aromatic N) is 3. The fraction of sp³-hybridized carbons (Fsp3) is 0.333. The highest BCUT2D eigenvalue weighted by atomic mass is 35.5. The standard InChI is InChI=1S/C24H25Cl2N3O2/c1-5-31-23-18(15(3)21(30)7-6-20-24(26)29-9-8-28-20)11-19(25)16(4)22(23)17-10-14(2)12-27-13-17/h8-13,15H,5-7H2,1-4H3. The minimum atomic E-state index is -0.411. The van der Waals surface area contributed by atoms with E-state index in [1.807, 2.05) is 39.8 Å². The van der Waals surface area contributed by atoms with E-state index >= 15 is 0 Å². The normalized spacial score (nSPS) is 11.9. The van der Waals surface area contributed by atoms with Crippen molar-refractivity contribution in [2.75, 3.05) is 6.61 Å². The molecule has 0 aliphatic carbocycles. The fourth-order valence-corrected chi connectivity index (χ4v) is 3.97. The van der Waals surface area contributed by atoms with E-state index < -0.39 is 5.92 Å². The molecule has 162 valence electrons. The fourth-order valence-electron chi connectivity index (χ4n) is 3.55.